The van der Waals surface area contributed by atoms with E-state index in [0.717, 1.165) is 43.4 Å². The SMILES string of the molecule is CCCCNC(C)c1ccn2c(-c3cc(OC)c(C(=O)NC4CC4)c(OC(F)F)c3)cnc2c1. The molecule has 1 aliphatic rings. The van der Waals surface area contributed by atoms with Gasteiger partial charge < -0.3 is 20.1 Å². The van der Waals surface area contributed by atoms with Gasteiger partial charge in [0.25, 0.3) is 5.91 Å². The zero-order chi connectivity index (χ0) is 24.2. The Balaban J connectivity index is 1.70. The van der Waals surface area contributed by atoms with Gasteiger partial charge in [0.15, 0.2) is 0 Å². The van der Waals surface area contributed by atoms with Gasteiger partial charge in [-0.1, -0.05) is 13.3 Å². The molecule has 182 valence electrons. The number of rotatable bonds is 11. The molecule has 0 radical (unpaired) electrons. The normalized spacial score (nSPS) is 14.4. The van der Waals surface area contributed by atoms with Crippen LogP contribution in [0.5, 0.6) is 11.5 Å². The Morgan fingerprint density at radius 1 is 1.26 bits per heavy atom. The lowest BCUT2D eigenvalue weighted by molar-refractivity contribution is -0.0502. The number of imidazole rings is 1. The fraction of sp³-hybridized carbons (Fsp3) is 0.440. The maximum atomic E-state index is 13.2. The fourth-order valence-corrected chi connectivity index (χ4v) is 3.89. The molecule has 1 fully saturated rings. The number of carbonyl (C=O) groups excluding carboxylic acids is 1. The number of fused-ring (bicyclic) bond motifs is 1. The fourth-order valence-electron chi connectivity index (χ4n) is 3.89. The second-order valence-corrected chi connectivity index (χ2v) is 8.54. The highest BCUT2D eigenvalue weighted by Gasteiger charge is 2.29. The van der Waals surface area contributed by atoms with Crippen molar-refractivity contribution >= 4 is 11.6 Å². The van der Waals surface area contributed by atoms with Crippen molar-refractivity contribution in [2.45, 2.75) is 58.2 Å². The molecule has 1 aromatic carbocycles. The van der Waals surface area contributed by atoms with Gasteiger partial charge in [-0.3, -0.25) is 9.20 Å². The summed E-state index contributed by atoms with van der Waals surface area (Å²) < 4.78 is 38.5. The van der Waals surface area contributed by atoms with Crippen molar-refractivity contribution in [3.63, 3.8) is 0 Å². The summed E-state index contributed by atoms with van der Waals surface area (Å²) in [5, 5.41) is 6.31. The van der Waals surface area contributed by atoms with Gasteiger partial charge in [-0.2, -0.15) is 8.78 Å². The average Bonchev–Trinajstić information content (AvgIpc) is 3.52. The van der Waals surface area contributed by atoms with Crippen LogP contribution in [-0.2, 0) is 0 Å². The van der Waals surface area contributed by atoms with Crippen LogP contribution in [0, 0.1) is 0 Å². The molecule has 9 heteroatoms. The molecule has 1 saturated carbocycles. The number of halogens is 2. The Morgan fingerprint density at radius 2 is 2.03 bits per heavy atom. The Morgan fingerprint density at radius 3 is 2.71 bits per heavy atom. The molecule has 2 N–H and O–H groups in total. The van der Waals surface area contributed by atoms with E-state index in [0.29, 0.717) is 11.3 Å². The molecule has 1 atom stereocenters. The van der Waals surface area contributed by atoms with E-state index in [2.05, 4.69) is 29.5 Å². The number of methoxy groups -OCH3 is 1. The third-order valence-corrected chi connectivity index (χ3v) is 5.96. The van der Waals surface area contributed by atoms with Gasteiger partial charge in [-0.15, -0.1) is 0 Å². The number of nitrogens with zero attached hydrogens (tertiary/aromatic N) is 2. The monoisotopic (exact) mass is 472 g/mol. The third kappa shape index (κ3) is 5.30. The summed E-state index contributed by atoms with van der Waals surface area (Å²) in [6.07, 6.45) is 7.54. The van der Waals surface area contributed by atoms with E-state index in [9.17, 15) is 13.6 Å². The molecule has 0 bridgehead atoms. The number of hydrogen-bond acceptors (Lipinski definition) is 5. The first-order valence-electron chi connectivity index (χ1n) is 11.6. The highest BCUT2D eigenvalue weighted by atomic mass is 19.3. The minimum absolute atomic E-state index is 0.0402. The first kappa shape index (κ1) is 23.9. The Bertz CT molecular complexity index is 1160. The number of hydrogen-bond donors (Lipinski definition) is 2. The molecule has 1 aliphatic carbocycles. The van der Waals surface area contributed by atoms with Crippen LogP contribution in [0.2, 0.25) is 0 Å². The zero-order valence-corrected chi connectivity index (χ0v) is 19.6. The van der Waals surface area contributed by atoms with Gasteiger partial charge in [0, 0.05) is 23.8 Å². The maximum Gasteiger partial charge on any atom is 0.387 e. The van der Waals surface area contributed by atoms with Gasteiger partial charge in [-0.25, -0.2) is 4.98 Å². The van der Waals surface area contributed by atoms with E-state index < -0.39 is 12.5 Å². The smallest absolute Gasteiger partial charge is 0.387 e. The summed E-state index contributed by atoms with van der Waals surface area (Å²) in [6, 6.07) is 7.32. The number of aromatic nitrogens is 2. The average molecular weight is 473 g/mol. The first-order valence-corrected chi connectivity index (χ1v) is 11.6. The van der Waals surface area contributed by atoms with E-state index in [1.54, 1.807) is 12.3 Å². The summed E-state index contributed by atoms with van der Waals surface area (Å²) in [4.78, 5) is 17.3. The van der Waals surface area contributed by atoms with E-state index in [1.165, 1.54) is 13.2 Å². The quantitative estimate of drug-likeness (QED) is 0.386. The number of alkyl halides is 2. The van der Waals surface area contributed by atoms with Gasteiger partial charge in [0.05, 0.1) is 19.0 Å². The minimum atomic E-state index is -3.08. The predicted molar refractivity (Wildman–Crippen MR) is 126 cm³/mol. The van der Waals surface area contributed by atoms with Crippen molar-refractivity contribution < 1.29 is 23.0 Å². The van der Waals surface area contributed by atoms with Crippen LogP contribution in [0.25, 0.3) is 16.9 Å². The van der Waals surface area contributed by atoms with E-state index >= 15 is 0 Å². The van der Waals surface area contributed by atoms with E-state index in [4.69, 9.17) is 9.47 Å². The first-order chi connectivity index (χ1) is 16.4. The zero-order valence-electron chi connectivity index (χ0n) is 19.6. The molecule has 1 amide bonds. The van der Waals surface area contributed by atoms with Crippen LogP contribution in [0.3, 0.4) is 0 Å². The highest BCUT2D eigenvalue weighted by molar-refractivity contribution is 6.01. The van der Waals surface area contributed by atoms with Crippen LogP contribution in [0.15, 0.2) is 36.7 Å². The van der Waals surface area contributed by atoms with Gasteiger partial charge >= 0.3 is 6.61 Å². The van der Waals surface area contributed by atoms with Crippen LogP contribution in [0.1, 0.15) is 61.5 Å². The molecule has 2 heterocycles. The summed E-state index contributed by atoms with van der Waals surface area (Å²) in [5.41, 5.74) is 3.00. The molecule has 0 saturated heterocycles. The van der Waals surface area contributed by atoms with Crippen LogP contribution < -0.4 is 20.1 Å². The lowest BCUT2D eigenvalue weighted by atomic mass is 10.1. The van der Waals surface area contributed by atoms with E-state index in [-0.39, 0.29) is 29.1 Å². The number of amides is 1. The number of nitrogens with one attached hydrogen (secondary N) is 2. The third-order valence-electron chi connectivity index (χ3n) is 5.96. The van der Waals surface area contributed by atoms with Crippen LogP contribution in [0.4, 0.5) is 8.78 Å². The molecule has 1 unspecified atom stereocenters. The second-order valence-electron chi connectivity index (χ2n) is 8.54. The second kappa shape index (κ2) is 10.4. The summed E-state index contributed by atoms with van der Waals surface area (Å²) >= 11 is 0. The maximum absolute atomic E-state index is 13.2. The molecule has 7 nitrogen and oxygen atoms in total. The molecular formula is C25H30F2N4O3. The Labute approximate surface area is 197 Å². The lowest BCUT2D eigenvalue weighted by Gasteiger charge is -2.17. The molecule has 34 heavy (non-hydrogen) atoms. The minimum Gasteiger partial charge on any atom is -0.496 e. The molecule has 3 aromatic rings. The molecule has 0 aliphatic heterocycles. The van der Waals surface area contributed by atoms with Crippen molar-refractivity contribution in [2.75, 3.05) is 13.7 Å². The molecule has 0 spiro atoms. The summed E-state index contributed by atoms with van der Waals surface area (Å²) in [6.45, 7) is 2.12. The van der Waals surface area contributed by atoms with Crippen molar-refractivity contribution in [3.8, 4) is 22.8 Å². The predicted octanol–water partition coefficient (Wildman–Crippen LogP) is 4.95. The van der Waals surface area contributed by atoms with Crippen LogP contribution >= 0.6 is 0 Å². The molecular weight excluding hydrogens is 442 g/mol. The topological polar surface area (TPSA) is 76.9 Å². The van der Waals surface area contributed by atoms with Crippen molar-refractivity contribution in [2.24, 2.45) is 0 Å². The number of carbonyl (C=O) groups is 1. The number of ether oxygens (including phenoxy) is 2. The highest BCUT2D eigenvalue weighted by Crippen LogP contribution is 2.37. The Hall–Kier alpha value is -3.20. The standard InChI is InChI=1S/C25H30F2N4O3/c1-4-5-9-28-15(2)16-8-10-31-19(14-29-22(31)13-16)17-11-20(33-3)23(21(12-17)34-25(26)27)24(32)30-18-6-7-18/h8,10-15,18,25,28H,4-7,9H2,1-3H3,(H,30,32). The molecule has 2 aromatic heterocycles. The molecule has 4 rings (SSSR count). The van der Waals surface area contributed by atoms with Crippen molar-refractivity contribution in [1.29, 1.82) is 0 Å². The summed E-state index contributed by atoms with van der Waals surface area (Å²) in [5.74, 6) is -0.566. The van der Waals surface area contributed by atoms with Gasteiger partial charge in [0.1, 0.15) is 22.7 Å². The number of pyridine rings is 1. The van der Waals surface area contributed by atoms with Gasteiger partial charge in [-0.05, 0) is 62.6 Å². The van der Waals surface area contributed by atoms with E-state index in [1.807, 2.05) is 22.7 Å². The van der Waals surface area contributed by atoms with Crippen LogP contribution in [-0.4, -0.2) is 41.6 Å². The largest absolute Gasteiger partial charge is 0.496 e. The van der Waals surface area contributed by atoms with Gasteiger partial charge in [0.2, 0.25) is 0 Å². The number of unbranched alkanes of at least 4 members (excludes halogenated alkanes) is 1. The van der Waals surface area contributed by atoms with Crippen molar-refractivity contribution in [1.82, 2.24) is 20.0 Å². The summed E-state index contributed by atoms with van der Waals surface area (Å²) in [7, 11) is 1.40. The number of benzene rings is 1. The van der Waals surface area contributed by atoms with Crippen molar-refractivity contribution in [3.05, 3.63) is 47.8 Å². The Kier molecular flexibility index (Phi) is 7.31. The lowest BCUT2D eigenvalue weighted by Crippen LogP contribution is -2.26.